The third-order valence-electron chi connectivity index (χ3n) is 3.13. The van der Waals surface area contributed by atoms with Crippen LogP contribution in [0.1, 0.15) is 18.1 Å². The Balaban J connectivity index is 2.54. The second-order valence-corrected chi connectivity index (χ2v) is 5.47. The van der Waals surface area contributed by atoms with Crippen molar-refractivity contribution in [2.45, 2.75) is 18.8 Å². The zero-order valence-electron chi connectivity index (χ0n) is 12.1. The maximum absolute atomic E-state index is 12.0. The van der Waals surface area contributed by atoms with E-state index in [2.05, 4.69) is 4.98 Å². The van der Waals surface area contributed by atoms with E-state index in [1.54, 1.807) is 26.1 Å². The number of methoxy groups -OCH3 is 1. The third-order valence-corrected chi connectivity index (χ3v) is 3.33. The highest BCUT2D eigenvalue weighted by Crippen LogP contribution is 2.27. The molecule has 5 nitrogen and oxygen atoms in total. The average Bonchev–Trinajstić information content (AvgIpc) is 2.76. The van der Waals surface area contributed by atoms with Crippen molar-refractivity contribution in [3.8, 4) is 5.75 Å². The van der Waals surface area contributed by atoms with Crippen LogP contribution >= 0.6 is 11.6 Å². The van der Waals surface area contributed by atoms with Gasteiger partial charge >= 0.3 is 0 Å². The number of rotatable bonds is 4. The molecule has 0 spiro atoms. The quantitative estimate of drug-likeness (QED) is 0.814. The number of halogens is 1. The van der Waals surface area contributed by atoms with E-state index in [-0.39, 0.29) is 17.8 Å². The van der Waals surface area contributed by atoms with Crippen molar-refractivity contribution in [1.29, 1.82) is 0 Å². The van der Waals surface area contributed by atoms with Gasteiger partial charge < -0.3 is 14.2 Å². The minimum Gasteiger partial charge on any atom is -0.497 e. The van der Waals surface area contributed by atoms with Crippen molar-refractivity contribution in [2.75, 3.05) is 21.2 Å². The monoisotopic (exact) mass is 295 g/mol. The first kappa shape index (κ1) is 14.7. The highest BCUT2D eigenvalue weighted by molar-refractivity contribution is 6.20. The summed E-state index contributed by atoms with van der Waals surface area (Å²) in [4.78, 5) is 18.0. The van der Waals surface area contributed by atoms with Crippen LogP contribution in [0.5, 0.6) is 5.75 Å². The fraction of sp³-hybridized carbons (Fsp3) is 0.429. The van der Waals surface area contributed by atoms with Crippen molar-refractivity contribution in [2.24, 2.45) is 0 Å². The molecule has 0 aliphatic rings. The van der Waals surface area contributed by atoms with Crippen LogP contribution in [0.2, 0.25) is 0 Å². The van der Waals surface area contributed by atoms with Crippen molar-refractivity contribution in [3.05, 3.63) is 24.0 Å². The van der Waals surface area contributed by atoms with Crippen LogP contribution in [0.15, 0.2) is 18.2 Å². The Hall–Kier alpha value is -1.75. The lowest BCUT2D eigenvalue weighted by molar-refractivity contribution is -0.129. The van der Waals surface area contributed by atoms with E-state index in [4.69, 9.17) is 16.3 Å². The Kier molecular flexibility index (Phi) is 4.18. The summed E-state index contributed by atoms with van der Waals surface area (Å²) in [6.07, 6.45) is 0. The van der Waals surface area contributed by atoms with E-state index in [1.165, 1.54) is 0 Å². The van der Waals surface area contributed by atoms with Crippen LogP contribution in [-0.4, -0.2) is 41.6 Å². The molecule has 2 rings (SSSR count). The minimum atomic E-state index is -0.275. The molecule has 1 aromatic carbocycles. The second-order valence-electron chi connectivity index (χ2n) is 4.81. The van der Waals surface area contributed by atoms with Crippen molar-refractivity contribution < 1.29 is 9.53 Å². The van der Waals surface area contributed by atoms with Crippen LogP contribution in [-0.2, 0) is 11.3 Å². The molecule has 1 aromatic heterocycles. The summed E-state index contributed by atoms with van der Waals surface area (Å²) in [6, 6.07) is 5.59. The Labute approximate surface area is 123 Å². The predicted octanol–water partition coefficient (Wildman–Crippen LogP) is 2.43. The average molecular weight is 296 g/mol. The topological polar surface area (TPSA) is 47.4 Å². The van der Waals surface area contributed by atoms with Gasteiger partial charge in [0.05, 0.1) is 23.5 Å². The normalized spacial score (nSPS) is 12.4. The van der Waals surface area contributed by atoms with Gasteiger partial charge in [-0.1, -0.05) is 0 Å². The number of ether oxygens (including phenoxy) is 1. The number of fused-ring (bicyclic) bond motifs is 1. The number of benzene rings is 1. The summed E-state index contributed by atoms with van der Waals surface area (Å²) in [5.74, 6) is 1.42. The minimum absolute atomic E-state index is 0.00122. The number of alkyl halides is 1. The second kappa shape index (κ2) is 5.71. The first-order valence-corrected chi connectivity index (χ1v) is 6.76. The molecule has 0 radical (unpaired) electrons. The molecule has 0 fully saturated rings. The molecule has 20 heavy (non-hydrogen) atoms. The smallest absolute Gasteiger partial charge is 0.242 e. The first-order chi connectivity index (χ1) is 9.43. The molecule has 1 atom stereocenters. The number of aromatic nitrogens is 2. The van der Waals surface area contributed by atoms with Gasteiger partial charge in [-0.25, -0.2) is 4.98 Å². The molecule has 1 unspecified atom stereocenters. The molecule has 1 amide bonds. The molecule has 0 saturated carbocycles. The lowest BCUT2D eigenvalue weighted by Gasteiger charge is -2.14. The Morgan fingerprint density at radius 1 is 1.50 bits per heavy atom. The van der Waals surface area contributed by atoms with Gasteiger partial charge in [0, 0.05) is 20.2 Å². The molecule has 2 aromatic rings. The zero-order chi connectivity index (χ0) is 14.9. The molecule has 0 N–H and O–H groups in total. The van der Waals surface area contributed by atoms with E-state index in [1.807, 2.05) is 29.7 Å². The van der Waals surface area contributed by atoms with Crippen LogP contribution in [0, 0.1) is 0 Å². The summed E-state index contributed by atoms with van der Waals surface area (Å²) >= 11 is 6.18. The Bertz CT molecular complexity index is 635. The van der Waals surface area contributed by atoms with Gasteiger partial charge in [0.15, 0.2) is 0 Å². The number of hydrogen-bond donors (Lipinski definition) is 0. The van der Waals surface area contributed by atoms with Gasteiger partial charge in [0.1, 0.15) is 18.1 Å². The fourth-order valence-electron chi connectivity index (χ4n) is 2.00. The Morgan fingerprint density at radius 2 is 2.20 bits per heavy atom. The summed E-state index contributed by atoms with van der Waals surface area (Å²) in [6.45, 7) is 2.07. The molecular formula is C14H18ClN3O2. The number of imidazole rings is 1. The lowest BCUT2D eigenvalue weighted by atomic mass is 10.3. The van der Waals surface area contributed by atoms with Gasteiger partial charge in [0.2, 0.25) is 5.91 Å². The van der Waals surface area contributed by atoms with Crippen molar-refractivity contribution >= 4 is 28.5 Å². The summed E-state index contributed by atoms with van der Waals surface area (Å²) in [7, 11) is 5.07. The molecule has 108 valence electrons. The lowest BCUT2D eigenvalue weighted by Crippen LogP contribution is -2.27. The van der Waals surface area contributed by atoms with E-state index >= 15 is 0 Å². The van der Waals surface area contributed by atoms with Crippen molar-refractivity contribution in [1.82, 2.24) is 14.5 Å². The van der Waals surface area contributed by atoms with E-state index in [0.29, 0.717) is 5.82 Å². The van der Waals surface area contributed by atoms with Crippen LogP contribution in [0.4, 0.5) is 0 Å². The largest absolute Gasteiger partial charge is 0.497 e. The number of hydrogen-bond acceptors (Lipinski definition) is 3. The molecule has 0 saturated heterocycles. The maximum atomic E-state index is 12.0. The predicted molar refractivity (Wildman–Crippen MR) is 79.2 cm³/mol. The summed E-state index contributed by atoms with van der Waals surface area (Å²) in [5, 5.41) is -0.275. The van der Waals surface area contributed by atoms with Crippen LogP contribution in [0.25, 0.3) is 11.0 Å². The van der Waals surface area contributed by atoms with Crippen molar-refractivity contribution in [3.63, 3.8) is 0 Å². The van der Waals surface area contributed by atoms with Gasteiger partial charge in [-0.3, -0.25) is 4.79 Å². The standard InChI is InChI=1S/C14H18ClN3O2/c1-9(15)14-16-11-7-10(20-4)5-6-12(11)18(14)8-13(19)17(2)3/h5-7,9H,8H2,1-4H3. The van der Waals surface area contributed by atoms with E-state index < -0.39 is 0 Å². The molecule has 0 aliphatic heterocycles. The molecular weight excluding hydrogens is 278 g/mol. The first-order valence-electron chi connectivity index (χ1n) is 6.32. The fourth-order valence-corrected chi connectivity index (χ4v) is 2.17. The molecule has 0 aliphatic carbocycles. The zero-order valence-corrected chi connectivity index (χ0v) is 12.8. The maximum Gasteiger partial charge on any atom is 0.242 e. The number of likely N-dealkylation sites (N-methyl/N-ethyl adjacent to an activating group) is 1. The van der Waals surface area contributed by atoms with Gasteiger partial charge in [-0.15, -0.1) is 11.6 Å². The molecule has 6 heteroatoms. The van der Waals surface area contributed by atoms with Gasteiger partial charge in [-0.2, -0.15) is 0 Å². The van der Waals surface area contributed by atoms with Gasteiger partial charge in [0.25, 0.3) is 0 Å². The number of carbonyl (C=O) groups is 1. The molecule has 1 heterocycles. The highest BCUT2D eigenvalue weighted by Gasteiger charge is 2.18. The summed E-state index contributed by atoms with van der Waals surface area (Å²) < 4.78 is 7.05. The highest BCUT2D eigenvalue weighted by atomic mass is 35.5. The SMILES string of the molecule is COc1ccc2c(c1)nc(C(C)Cl)n2CC(=O)N(C)C. The van der Waals surface area contributed by atoms with Gasteiger partial charge in [-0.05, 0) is 19.1 Å². The van der Waals surface area contributed by atoms with Crippen LogP contribution in [0.3, 0.4) is 0 Å². The number of nitrogens with zero attached hydrogens (tertiary/aromatic N) is 3. The Morgan fingerprint density at radius 3 is 2.75 bits per heavy atom. The number of amides is 1. The number of carbonyl (C=O) groups excluding carboxylic acids is 1. The molecule has 0 bridgehead atoms. The third kappa shape index (κ3) is 2.72. The van der Waals surface area contributed by atoms with E-state index in [9.17, 15) is 4.79 Å². The summed E-state index contributed by atoms with van der Waals surface area (Å²) in [5.41, 5.74) is 1.65. The van der Waals surface area contributed by atoms with E-state index in [0.717, 1.165) is 16.8 Å². The van der Waals surface area contributed by atoms with Crippen LogP contribution < -0.4 is 4.74 Å².